The number of ether oxygens (including phenoxy) is 3. The number of alkyl carbamates (subject to hydrolysis) is 1. The van der Waals surface area contributed by atoms with Gasteiger partial charge in [-0.2, -0.15) is 0 Å². The Morgan fingerprint density at radius 2 is 2.15 bits per heavy atom. The first-order valence-corrected chi connectivity index (χ1v) is 9.82. The van der Waals surface area contributed by atoms with Gasteiger partial charge in [-0.1, -0.05) is 11.6 Å². The highest BCUT2D eigenvalue weighted by Crippen LogP contribution is 2.54. The summed E-state index contributed by atoms with van der Waals surface area (Å²) in [5, 5.41) is 13.8. The Kier molecular flexibility index (Phi) is 6.99. The Labute approximate surface area is 161 Å². The van der Waals surface area contributed by atoms with Gasteiger partial charge in [-0.05, 0) is 47.0 Å². The number of epoxide rings is 1. The van der Waals surface area contributed by atoms with E-state index in [0.29, 0.717) is 19.4 Å². The van der Waals surface area contributed by atoms with Crippen molar-refractivity contribution >= 4 is 17.7 Å². The molecule has 2 N–H and O–H groups in total. The normalized spacial score (nSPS) is 39.2. The molecule has 6 atom stereocenters. The first kappa shape index (κ1) is 21.5. The SMILES string of the molecule is CCNC(=O)OC1CCC(O)(CCl)C(C2(C)OC2CC=C(C)C)C1OC. The van der Waals surface area contributed by atoms with Gasteiger partial charge in [0.1, 0.15) is 17.8 Å². The number of carbonyl (C=O) groups excluding carboxylic acids is 1. The third-order valence-electron chi connectivity index (χ3n) is 5.55. The smallest absolute Gasteiger partial charge is 0.407 e. The minimum Gasteiger partial charge on any atom is -0.443 e. The maximum atomic E-state index is 11.9. The van der Waals surface area contributed by atoms with Crippen LogP contribution in [0.15, 0.2) is 11.6 Å². The molecular formula is C19H32ClNO5. The predicted molar refractivity (Wildman–Crippen MR) is 100 cm³/mol. The van der Waals surface area contributed by atoms with Gasteiger partial charge in [0.05, 0.1) is 23.5 Å². The molecule has 26 heavy (non-hydrogen) atoms. The van der Waals surface area contributed by atoms with E-state index >= 15 is 0 Å². The van der Waals surface area contributed by atoms with E-state index in [9.17, 15) is 9.90 Å². The molecule has 1 aliphatic carbocycles. The van der Waals surface area contributed by atoms with Crippen molar-refractivity contribution in [3.8, 4) is 0 Å². The summed E-state index contributed by atoms with van der Waals surface area (Å²) in [4.78, 5) is 11.9. The quantitative estimate of drug-likeness (QED) is 0.397. The third-order valence-corrected chi connectivity index (χ3v) is 6.02. The number of carbonyl (C=O) groups is 1. The molecule has 2 aliphatic rings. The second-order valence-electron chi connectivity index (χ2n) is 7.74. The molecule has 0 aromatic heterocycles. The van der Waals surface area contributed by atoms with E-state index in [0.717, 1.165) is 6.42 Å². The number of aliphatic hydroxyl groups is 1. The summed E-state index contributed by atoms with van der Waals surface area (Å²) in [5.41, 5.74) is -0.475. The van der Waals surface area contributed by atoms with E-state index in [-0.39, 0.29) is 17.9 Å². The minimum atomic E-state index is -1.13. The van der Waals surface area contributed by atoms with E-state index in [4.69, 9.17) is 25.8 Å². The molecule has 0 aromatic carbocycles. The van der Waals surface area contributed by atoms with Crippen LogP contribution in [-0.4, -0.2) is 60.2 Å². The van der Waals surface area contributed by atoms with Gasteiger partial charge in [-0.15, -0.1) is 11.6 Å². The van der Waals surface area contributed by atoms with Crippen LogP contribution in [0, 0.1) is 5.92 Å². The van der Waals surface area contributed by atoms with Crippen molar-refractivity contribution in [1.29, 1.82) is 0 Å². The molecule has 150 valence electrons. The molecular weight excluding hydrogens is 358 g/mol. The number of allylic oxidation sites excluding steroid dienone is 1. The number of nitrogens with one attached hydrogen (secondary N) is 1. The molecule has 1 amide bonds. The number of halogens is 1. The maximum Gasteiger partial charge on any atom is 0.407 e. The molecule has 1 heterocycles. The number of alkyl halides is 1. The first-order valence-electron chi connectivity index (χ1n) is 9.28. The molecule has 1 aliphatic heterocycles. The summed E-state index contributed by atoms with van der Waals surface area (Å²) in [6, 6.07) is 0. The molecule has 0 spiro atoms. The van der Waals surface area contributed by atoms with Crippen molar-refractivity contribution in [2.24, 2.45) is 5.92 Å². The number of hydrogen-bond donors (Lipinski definition) is 2. The molecule has 0 radical (unpaired) electrons. The largest absolute Gasteiger partial charge is 0.443 e. The van der Waals surface area contributed by atoms with Gasteiger partial charge in [0.2, 0.25) is 0 Å². The molecule has 0 aromatic rings. The van der Waals surface area contributed by atoms with Gasteiger partial charge in [-0.25, -0.2) is 4.79 Å². The van der Waals surface area contributed by atoms with Crippen molar-refractivity contribution in [2.75, 3.05) is 19.5 Å². The van der Waals surface area contributed by atoms with Crippen molar-refractivity contribution in [3.05, 3.63) is 11.6 Å². The molecule has 1 saturated heterocycles. The van der Waals surface area contributed by atoms with E-state index in [2.05, 4.69) is 11.4 Å². The molecule has 0 bridgehead atoms. The first-order chi connectivity index (χ1) is 12.2. The molecule has 2 fully saturated rings. The van der Waals surface area contributed by atoms with Gasteiger partial charge < -0.3 is 24.6 Å². The zero-order chi connectivity index (χ0) is 19.5. The van der Waals surface area contributed by atoms with Crippen LogP contribution in [0.1, 0.15) is 47.0 Å². The number of amides is 1. The number of rotatable bonds is 7. The fourth-order valence-electron chi connectivity index (χ4n) is 4.15. The van der Waals surface area contributed by atoms with Crippen LogP contribution in [0.25, 0.3) is 0 Å². The van der Waals surface area contributed by atoms with Crippen molar-refractivity contribution in [1.82, 2.24) is 5.32 Å². The van der Waals surface area contributed by atoms with E-state index in [1.165, 1.54) is 5.57 Å². The van der Waals surface area contributed by atoms with Crippen LogP contribution in [-0.2, 0) is 14.2 Å². The Morgan fingerprint density at radius 1 is 1.46 bits per heavy atom. The van der Waals surface area contributed by atoms with E-state index in [1.54, 1.807) is 7.11 Å². The van der Waals surface area contributed by atoms with Crippen LogP contribution in [0.5, 0.6) is 0 Å². The van der Waals surface area contributed by atoms with Crippen LogP contribution >= 0.6 is 11.6 Å². The standard InChI is InChI=1S/C19H32ClNO5/c1-6-21-17(22)25-13-9-10-19(23,11-20)16(15(13)24-5)18(4)14(26-18)8-7-12(2)3/h7,13-16,23H,6,8-11H2,1-5H3,(H,21,22). The maximum absolute atomic E-state index is 11.9. The number of hydrogen-bond acceptors (Lipinski definition) is 5. The van der Waals surface area contributed by atoms with Crippen LogP contribution < -0.4 is 5.32 Å². The summed E-state index contributed by atoms with van der Waals surface area (Å²) in [6.07, 6.45) is 2.39. The zero-order valence-electron chi connectivity index (χ0n) is 16.4. The molecule has 1 saturated carbocycles. The zero-order valence-corrected chi connectivity index (χ0v) is 17.1. The van der Waals surface area contributed by atoms with Crippen molar-refractivity contribution < 1.29 is 24.1 Å². The van der Waals surface area contributed by atoms with Crippen molar-refractivity contribution in [2.45, 2.75) is 76.5 Å². The summed E-state index contributed by atoms with van der Waals surface area (Å²) >= 11 is 6.16. The second-order valence-corrected chi connectivity index (χ2v) is 8.00. The average molecular weight is 390 g/mol. The molecule has 7 heteroatoms. The molecule has 2 rings (SSSR count). The van der Waals surface area contributed by atoms with Crippen LogP contribution in [0.4, 0.5) is 4.79 Å². The lowest BCUT2D eigenvalue weighted by Crippen LogP contribution is -2.61. The van der Waals surface area contributed by atoms with E-state index < -0.39 is 29.5 Å². The lowest BCUT2D eigenvalue weighted by atomic mass is 9.66. The topological polar surface area (TPSA) is 80.3 Å². The van der Waals surface area contributed by atoms with Gasteiger partial charge in [0.25, 0.3) is 0 Å². The third kappa shape index (κ3) is 4.35. The van der Waals surface area contributed by atoms with Gasteiger partial charge in [0, 0.05) is 13.7 Å². The van der Waals surface area contributed by atoms with Crippen molar-refractivity contribution in [3.63, 3.8) is 0 Å². The number of methoxy groups -OCH3 is 1. The van der Waals surface area contributed by atoms with Gasteiger partial charge in [0.15, 0.2) is 0 Å². The lowest BCUT2D eigenvalue weighted by molar-refractivity contribution is -0.170. The summed E-state index contributed by atoms with van der Waals surface area (Å²) < 4.78 is 17.3. The van der Waals surface area contributed by atoms with E-state index in [1.807, 2.05) is 27.7 Å². The minimum absolute atomic E-state index is 0.0157. The van der Waals surface area contributed by atoms with Gasteiger partial charge >= 0.3 is 6.09 Å². The lowest BCUT2D eigenvalue weighted by Gasteiger charge is -2.48. The second kappa shape index (κ2) is 8.46. The highest BCUT2D eigenvalue weighted by molar-refractivity contribution is 6.18. The summed E-state index contributed by atoms with van der Waals surface area (Å²) in [5.74, 6) is -0.305. The summed E-state index contributed by atoms with van der Waals surface area (Å²) in [6.45, 7) is 8.40. The average Bonchev–Trinajstić information content (AvgIpc) is 3.25. The fourth-order valence-corrected chi connectivity index (χ4v) is 4.45. The monoisotopic (exact) mass is 389 g/mol. The van der Waals surface area contributed by atoms with Gasteiger partial charge in [-0.3, -0.25) is 0 Å². The summed E-state index contributed by atoms with van der Waals surface area (Å²) in [7, 11) is 1.57. The molecule has 6 nitrogen and oxygen atoms in total. The fraction of sp³-hybridized carbons (Fsp3) is 0.842. The highest BCUT2D eigenvalue weighted by atomic mass is 35.5. The Morgan fingerprint density at radius 3 is 2.69 bits per heavy atom. The Bertz CT molecular complexity index is 538. The molecule has 6 unspecified atom stereocenters. The van der Waals surface area contributed by atoms with Crippen LogP contribution in [0.2, 0.25) is 0 Å². The highest BCUT2D eigenvalue weighted by Gasteiger charge is 2.67. The van der Waals surface area contributed by atoms with Crippen LogP contribution in [0.3, 0.4) is 0 Å². The Balaban J connectivity index is 2.23. The predicted octanol–water partition coefficient (Wildman–Crippen LogP) is 3.01. The Hall–Kier alpha value is -0.820.